The van der Waals surface area contributed by atoms with Gasteiger partial charge in [-0.2, -0.15) is 0 Å². The van der Waals surface area contributed by atoms with Crippen molar-refractivity contribution in [3.63, 3.8) is 0 Å². The molecule has 0 bridgehead atoms. The molecule has 158 valence electrons. The van der Waals surface area contributed by atoms with E-state index in [-0.39, 0.29) is 42.7 Å². The molecule has 0 aliphatic carbocycles. The second-order valence-electron chi connectivity index (χ2n) is 6.50. The number of benzene rings is 2. The fourth-order valence-corrected chi connectivity index (χ4v) is 3.89. The van der Waals surface area contributed by atoms with Crippen LogP contribution >= 0.6 is 34.8 Å². The Morgan fingerprint density at radius 1 is 1.00 bits per heavy atom. The van der Waals surface area contributed by atoms with E-state index in [1.54, 1.807) is 36.4 Å². The molecule has 1 saturated heterocycles. The second-order valence-corrected chi connectivity index (χ2v) is 7.78. The van der Waals surface area contributed by atoms with Gasteiger partial charge < -0.3 is 19.8 Å². The van der Waals surface area contributed by atoms with Crippen molar-refractivity contribution in [2.45, 2.75) is 6.04 Å². The third-order valence-corrected chi connectivity index (χ3v) is 5.44. The molecule has 1 atom stereocenters. The molecule has 30 heavy (non-hydrogen) atoms. The fraction of sp³-hybridized carbons (Fsp3) is 0.238. The molecule has 1 unspecified atom stereocenters. The predicted octanol–water partition coefficient (Wildman–Crippen LogP) is 4.08. The number of halogens is 3. The minimum Gasteiger partial charge on any atom is -0.507 e. The number of ether oxygens (including phenoxy) is 1. The Kier molecular flexibility index (Phi) is 7.39. The lowest BCUT2D eigenvalue weighted by Crippen LogP contribution is -2.33. The average Bonchev–Trinajstić information content (AvgIpc) is 2.96. The second kappa shape index (κ2) is 9.81. The van der Waals surface area contributed by atoms with Gasteiger partial charge in [-0.25, -0.2) is 0 Å². The van der Waals surface area contributed by atoms with Gasteiger partial charge in [-0.05, 0) is 42.0 Å². The Hall–Kier alpha value is -2.09. The monoisotopic (exact) mass is 469 g/mol. The van der Waals surface area contributed by atoms with E-state index in [0.29, 0.717) is 21.2 Å². The lowest BCUT2D eigenvalue weighted by molar-refractivity contribution is -0.140. The molecule has 0 saturated carbocycles. The highest BCUT2D eigenvalue weighted by molar-refractivity contribution is 6.47. The summed E-state index contributed by atoms with van der Waals surface area (Å²) < 4.78 is 5.25. The van der Waals surface area contributed by atoms with E-state index in [1.807, 2.05) is 0 Å². The highest BCUT2D eigenvalue weighted by Crippen LogP contribution is 2.42. The van der Waals surface area contributed by atoms with E-state index >= 15 is 0 Å². The Labute approximate surface area is 188 Å². The minimum absolute atomic E-state index is 0.0611. The van der Waals surface area contributed by atoms with Crippen molar-refractivity contribution in [3.05, 3.63) is 74.2 Å². The molecule has 2 aromatic rings. The number of carbonyl (C=O) groups is 2. The highest BCUT2D eigenvalue weighted by atomic mass is 35.5. The lowest BCUT2D eigenvalue weighted by Gasteiger charge is -2.26. The van der Waals surface area contributed by atoms with Crippen molar-refractivity contribution in [2.24, 2.45) is 0 Å². The highest BCUT2D eigenvalue weighted by Gasteiger charge is 2.46. The molecule has 1 heterocycles. The normalized spacial score (nSPS) is 18.3. The van der Waals surface area contributed by atoms with E-state index in [2.05, 4.69) is 0 Å². The Morgan fingerprint density at radius 2 is 1.67 bits per heavy atom. The van der Waals surface area contributed by atoms with E-state index in [1.165, 1.54) is 11.0 Å². The zero-order valence-electron chi connectivity index (χ0n) is 15.6. The summed E-state index contributed by atoms with van der Waals surface area (Å²) in [5, 5.41) is 20.9. The zero-order valence-corrected chi connectivity index (χ0v) is 17.9. The molecule has 2 N–H and O–H groups in total. The summed E-state index contributed by atoms with van der Waals surface area (Å²) in [5.41, 5.74) is 0.690. The lowest BCUT2D eigenvalue weighted by atomic mass is 9.95. The molecule has 6 nitrogen and oxygen atoms in total. The molecule has 2 aromatic carbocycles. The van der Waals surface area contributed by atoms with Crippen LogP contribution in [0, 0.1) is 0 Å². The van der Waals surface area contributed by atoms with Gasteiger partial charge in [0.15, 0.2) is 0 Å². The number of ketones is 1. The Bertz CT molecular complexity index is 991. The van der Waals surface area contributed by atoms with Gasteiger partial charge in [0, 0.05) is 27.2 Å². The van der Waals surface area contributed by atoms with Gasteiger partial charge in [-0.1, -0.05) is 40.9 Å². The quantitative estimate of drug-likeness (QED) is 0.276. The fourth-order valence-electron chi connectivity index (χ4n) is 3.25. The van der Waals surface area contributed by atoms with Crippen LogP contribution in [-0.2, 0) is 14.3 Å². The first-order valence-electron chi connectivity index (χ1n) is 9.03. The van der Waals surface area contributed by atoms with Crippen molar-refractivity contribution in [3.8, 4) is 0 Å². The number of rotatable bonds is 7. The molecule has 1 aliphatic rings. The van der Waals surface area contributed by atoms with Crippen LogP contribution in [0.2, 0.25) is 15.1 Å². The van der Waals surface area contributed by atoms with Gasteiger partial charge >= 0.3 is 0 Å². The summed E-state index contributed by atoms with van der Waals surface area (Å²) in [4.78, 5) is 26.9. The van der Waals surface area contributed by atoms with Gasteiger partial charge in [0.1, 0.15) is 5.76 Å². The molecule has 9 heteroatoms. The van der Waals surface area contributed by atoms with Crippen molar-refractivity contribution in [1.82, 2.24) is 4.90 Å². The summed E-state index contributed by atoms with van der Waals surface area (Å²) >= 11 is 18.3. The van der Waals surface area contributed by atoms with Crippen LogP contribution < -0.4 is 0 Å². The average molecular weight is 471 g/mol. The van der Waals surface area contributed by atoms with E-state index in [9.17, 15) is 14.7 Å². The van der Waals surface area contributed by atoms with Gasteiger partial charge in [-0.3, -0.25) is 9.59 Å². The maximum atomic E-state index is 12.9. The number of amides is 1. The number of likely N-dealkylation sites (tertiary alicyclic amines) is 1. The third-order valence-electron chi connectivity index (χ3n) is 4.63. The van der Waals surface area contributed by atoms with Gasteiger partial charge in [0.05, 0.1) is 31.4 Å². The van der Waals surface area contributed by atoms with Crippen LogP contribution in [0.4, 0.5) is 0 Å². The standard InChI is InChI=1S/C21H18Cl3NO5/c22-13-3-1-12(2-4-13)19(27)17-18(15-6-5-14(23)11-16(15)24)25(21(29)20(17)28)7-9-30-10-8-26/h1-6,11,18,26-27H,7-10H2/b19-17+. The van der Waals surface area contributed by atoms with Crippen LogP contribution in [-0.4, -0.2) is 53.2 Å². The van der Waals surface area contributed by atoms with E-state index in [0.717, 1.165) is 0 Å². The van der Waals surface area contributed by atoms with Crippen LogP contribution in [0.5, 0.6) is 0 Å². The summed E-state index contributed by atoms with van der Waals surface area (Å²) in [5.74, 6) is -1.95. The molecule has 0 aromatic heterocycles. The molecule has 0 radical (unpaired) electrons. The Morgan fingerprint density at radius 3 is 2.30 bits per heavy atom. The largest absolute Gasteiger partial charge is 0.507 e. The molecule has 3 rings (SSSR count). The van der Waals surface area contributed by atoms with E-state index in [4.69, 9.17) is 44.6 Å². The maximum Gasteiger partial charge on any atom is 0.295 e. The SMILES string of the molecule is O=C1C(=O)N(CCOCCO)C(c2ccc(Cl)cc2Cl)/C1=C(\O)c1ccc(Cl)cc1. The molecular formula is C21H18Cl3NO5. The molecule has 1 aliphatic heterocycles. The number of aliphatic hydroxyl groups is 2. The van der Waals surface area contributed by atoms with Gasteiger partial charge in [0.25, 0.3) is 11.7 Å². The molecule has 1 amide bonds. The van der Waals surface area contributed by atoms with Crippen molar-refractivity contribution < 1.29 is 24.5 Å². The number of hydrogen-bond acceptors (Lipinski definition) is 5. The summed E-state index contributed by atoms with van der Waals surface area (Å²) in [6.45, 7) is 0.0881. The minimum atomic E-state index is -0.928. The van der Waals surface area contributed by atoms with Crippen LogP contribution in [0.1, 0.15) is 17.2 Å². The number of carbonyl (C=O) groups excluding carboxylic acids is 2. The smallest absolute Gasteiger partial charge is 0.295 e. The van der Waals surface area contributed by atoms with Crippen LogP contribution in [0.15, 0.2) is 48.0 Å². The van der Waals surface area contributed by atoms with Crippen molar-refractivity contribution in [2.75, 3.05) is 26.4 Å². The third kappa shape index (κ3) is 4.63. The number of nitrogens with zero attached hydrogens (tertiary/aromatic N) is 1. The first kappa shape index (κ1) is 22.6. The summed E-state index contributed by atoms with van der Waals surface area (Å²) in [6, 6.07) is 10.0. The van der Waals surface area contributed by atoms with E-state index < -0.39 is 17.7 Å². The van der Waals surface area contributed by atoms with Gasteiger partial charge in [-0.15, -0.1) is 0 Å². The molecular weight excluding hydrogens is 453 g/mol. The molecule has 1 fully saturated rings. The number of Topliss-reactive ketones (excluding diaryl/α,β-unsaturated/α-hetero) is 1. The van der Waals surface area contributed by atoms with Crippen molar-refractivity contribution >= 4 is 52.3 Å². The van der Waals surface area contributed by atoms with Crippen LogP contribution in [0.25, 0.3) is 5.76 Å². The van der Waals surface area contributed by atoms with Gasteiger partial charge in [0.2, 0.25) is 0 Å². The zero-order chi connectivity index (χ0) is 21.8. The maximum absolute atomic E-state index is 12.9. The topological polar surface area (TPSA) is 87.1 Å². The number of hydrogen-bond donors (Lipinski definition) is 2. The number of aliphatic hydroxyl groups excluding tert-OH is 2. The predicted molar refractivity (Wildman–Crippen MR) is 115 cm³/mol. The first-order chi connectivity index (χ1) is 14.3. The summed E-state index contributed by atoms with van der Waals surface area (Å²) in [7, 11) is 0. The van der Waals surface area contributed by atoms with Crippen LogP contribution in [0.3, 0.4) is 0 Å². The van der Waals surface area contributed by atoms with Crippen molar-refractivity contribution in [1.29, 1.82) is 0 Å². The molecule has 0 spiro atoms. The Balaban J connectivity index is 2.10. The summed E-state index contributed by atoms with van der Waals surface area (Å²) in [6.07, 6.45) is 0. The first-order valence-corrected chi connectivity index (χ1v) is 10.2.